The van der Waals surface area contributed by atoms with Crippen LogP contribution in [0, 0.1) is 11.3 Å². The van der Waals surface area contributed by atoms with Crippen molar-refractivity contribution in [1.82, 2.24) is 4.72 Å². The molecule has 0 bridgehead atoms. The van der Waals surface area contributed by atoms with E-state index in [0.29, 0.717) is 11.3 Å². The van der Waals surface area contributed by atoms with Gasteiger partial charge in [-0.3, -0.25) is 4.72 Å². The van der Waals surface area contributed by atoms with Gasteiger partial charge in [0.25, 0.3) is 0 Å². The minimum absolute atomic E-state index is 0.552. The van der Waals surface area contributed by atoms with Crippen LogP contribution in [0.4, 0.5) is 4.79 Å². The van der Waals surface area contributed by atoms with Gasteiger partial charge in [-0.05, 0) is 29.6 Å². The van der Waals surface area contributed by atoms with Crippen LogP contribution in [0.3, 0.4) is 0 Å². The number of primary amides is 1. The van der Waals surface area contributed by atoms with Crippen LogP contribution in [0.5, 0.6) is 0 Å². The van der Waals surface area contributed by atoms with Gasteiger partial charge in [0.2, 0.25) is 0 Å². The van der Waals surface area contributed by atoms with Crippen molar-refractivity contribution in [1.29, 1.82) is 5.26 Å². The normalized spacial score (nSPS) is 9.07. The first kappa shape index (κ1) is 10.4. The summed E-state index contributed by atoms with van der Waals surface area (Å²) in [6.07, 6.45) is 0. The van der Waals surface area contributed by atoms with Gasteiger partial charge in [0, 0.05) is 5.75 Å². The topological polar surface area (TPSA) is 78.9 Å². The molecule has 2 amide bonds. The minimum Gasteiger partial charge on any atom is -0.351 e. The van der Waals surface area contributed by atoms with Gasteiger partial charge in [-0.15, -0.1) is 0 Å². The Balaban J connectivity index is 2.45. The van der Waals surface area contributed by atoms with Crippen molar-refractivity contribution in [2.24, 2.45) is 5.73 Å². The Morgan fingerprint density at radius 2 is 2.14 bits per heavy atom. The number of nitriles is 1. The van der Waals surface area contributed by atoms with Gasteiger partial charge < -0.3 is 5.73 Å². The van der Waals surface area contributed by atoms with E-state index in [9.17, 15) is 4.79 Å². The van der Waals surface area contributed by atoms with E-state index < -0.39 is 6.03 Å². The number of amides is 2. The van der Waals surface area contributed by atoms with E-state index in [0.717, 1.165) is 5.56 Å². The van der Waals surface area contributed by atoms with E-state index in [4.69, 9.17) is 11.0 Å². The molecule has 14 heavy (non-hydrogen) atoms. The van der Waals surface area contributed by atoms with Crippen LogP contribution >= 0.6 is 11.9 Å². The lowest BCUT2D eigenvalue weighted by Gasteiger charge is -2.00. The second-order valence-corrected chi connectivity index (χ2v) is 3.35. The molecule has 0 aliphatic carbocycles. The van der Waals surface area contributed by atoms with Crippen molar-refractivity contribution in [3.05, 3.63) is 35.4 Å². The molecule has 4 nitrogen and oxygen atoms in total. The van der Waals surface area contributed by atoms with Crippen LogP contribution in [0.25, 0.3) is 0 Å². The van der Waals surface area contributed by atoms with E-state index in [-0.39, 0.29) is 0 Å². The second kappa shape index (κ2) is 5.14. The Labute approximate surface area is 86.2 Å². The summed E-state index contributed by atoms with van der Waals surface area (Å²) < 4.78 is 2.41. The Morgan fingerprint density at radius 3 is 2.64 bits per heavy atom. The molecule has 0 saturated carbocycles. The second-order valence-electron chi connectivity index (χ2n) is 2.56. The molecular formula is C9H9N3OS. The summed E-state index contributed by atoms with van der Waals surface area (Å²) in [5.41, 5.74) is 6.55. The number of nitrogens with two attached hydrogens (primary N) is 1. The summed E-state index contributed by atoms with van der Waals surface area (Å²) in [6.45, 7) is 0. The summed E-state index contributed by atoms with van der Waals surface area (Å²) >= 11 is 1.22. The number of hydrogen-bond acceptors (Lipinski definition) is 3. The molecule has 0 aromatic heterocycles. The maximum absolute atomic E-state index is 10.3. The van der Waals surface area contributed by atoms with Crippen molar-refractivity contribution in [2.45, 2.75) is 5.75 Å². The molecule has 0 saturated heterocycles. The molecular weight excluding hydrogens is 198 g/mol. The average molecular weight is 207 g/mol. The Hall–Kier alpha value is -1.67. The molecule has 1 rings (SSSR count). The molecule has 0 atom stereocenters. The molecule has 0 aliphatic rings. The summed E-state index contributed by atoms with van der Waals surface area (Å²) in [6, 6.07) is 8.64. The van der Waals surface area contributed by atoms with Crippen LogP contribution in [0.15, 0.2) is 24.3 Å². The Kier molecular flexibility index (Phi) is 3.83. The highest BCUT2D eigenvalue weighted by Crippen LogP contribution is 2.09. The molecule has 0 unspecified atom stereocenters. The Bertz CT molecular complexity index is 355. The quantitative estimate of drug-likeness (QED) is 0.735. The fourth-order valence-corrected chi connectivity index (χ4v) is 1.44. The molecule has 1 aromatic rings. The minimum atomic E-state index is -0.552. The number of nitrogens with one attached hydrogen (secondary N) is 1. The fraction of sp³-hybridized carbons (Fsp3) is 0.111. The molecule has 0 fully saturated rings. The predicted octanol–water partition coefficient (Wildman–Crippen LogP) is 1.37. The predicted molar refractivity (Wildman–Crippen MR) is 55.2 cm³/mol. The van der Waals surface area contributed by atoms with E-state index in [1.54, 1.807) is 12.1 Å². The molecule has 0 heterocycles. The molecule has 1 aromatic carbocycles. The van der Waals surface area contributed by atoms with Crippen LogP contribution in [0.2, 0.25) is 0 Å². The smallest absolute Gasteiger partial charge is 0.322 e. The largest absolute Gasteiger partial charge is 0.351 e. The Morgan fingerprint density at radius 1 is 1.50 bits per heavy atom. The van der Waals surface area contributed by atoms with Gasteiger partial charge in [-0.2, -0.15) is 5.26 Å². The summed E-state index contributed by atoms with van der Waals surface area (Å²) in [5, 5.41) is 8.55. The van der Waals surface area contributed by atoms with Gasteiger partial charge in [0.15, 0.2) is 0 Å². The van der Waals surface area contributed by atoms with E-state index in [1.165, 1.54) is 11.9 Å². The van der Waals surface area contributed by atoms with Crippen molar-refractivity contribution in [3.63, 3.8) is 0 Å². The van der Waals surface area contributed by atoms with E-state index >= 15 is 0 Å². The maximum Gasteiger partial charge on any atom is 0.322 e. The van der Waals surface area contributed by atoms with Crippen molar-refractivity contribution >= 4 is 18.0 Å². The molecule has 72 valence electrons. The number of urea groups is 1. The zero-order valence-electron chi connectivity index (χ0n) is 7.36. The number of rotatable bonds is 3. The molecule has 0 radical (unpaired) electrons. The standard InChI is InChI=1S/C9H9N3OS/c10-5-7-1-3-8(4-2-7)6-14-12-9(11)13/h1-4H,6H2,(H3,11,12,13). The maximum atomic E-state index is 10.3. The zero-order chi connectivity index (χ0) is 10.4. The fourth-order valence-electron chi connectivity index (χ4n) is 0.866. The average Bonchev–Trinajstić information content (AvgIpc) is 2.18. The molecule has 0 aliphatic heterocycles. The van der Waals surface area contributed by atoms with Crippen molar-refractivity contribution in [3.8, 4) is 6.07 Å². The van der Waals surface area contributed by atoms with Crippen molar-refractivity contribution < 1.29 is 4.79 Å². The SMILES string of the molecule is N#Cc1ccc(CSNC(N)=O)cc1. The van der Waals surface area contributed by atoms with E-state index in [1.807, 2.05) is 18.2 Å². The lowest BCUT2D eigenvalue weighted by atomic mass is 10.2. The first-order chi connectivity index (χ1) is 6.72. The highest BCUT2D eigenvalue weighted by molar-refractivity contribution is 7.97. The number of carbonyl (C=O) groups excluding carboxylic acids is 1. The highest BCUT2D eigenvalue weighted by atomic mass is 32.2. The number of nitrogens with zero attached hydrogens (tertiary/aromatic N) is 1. The van der Waals surface area contributed by atoms with Gasteiger partial charge in [-0.1, -0.05) is 12.1 Å². The lowest BCUT2D eigenvalue weighted by Crippen LogP contribution is -2.22. The number of benzene rings is 1. The third kappa shape index (κ3) is 3.37. The van der Waals surface area contributed by atoms with Gasteiger partial charge >= 0.3 is 6.03 Å². The van der Waals surface area contributed by atoms with Gasteiger partial charge in [-0.25, -0.2) is 4.79 Å². The first-order valence-electron chi connectivity index (χ1n) is 3.88. The number of hydrogen-bond donors (Lipinski definition) is 2. The van der Waals surface area contributed by atoms with Crippen LogP contribution in [0.1, 0.15) is 11.1 Å². The summed E-state index contributed by atoms with van der Waals surface area (Å²) in [4.78, 5) is 10.3. The molecule has 0 spiro atoms. The first-order valence-corrected chi connectivity index (χ1v) is 4.87. The van der Waals surface area contributed by atoms with Crippen molar-refractivity contribution in [2.75, 3.05) is 0 Å². The summed E-state index contributed by atoms with van der Waals surface area (Å²) in [5.74, 6) is 0.634. The molecule has 3 N–H and O–H groups in total. The third-order valence-corrected chi connectivity index (χ3v) is 2.32. The highest BCUT2D eigenvalue weighted by Gasteiger charge is 1.95. The third-order valence-electron chi connectivity index (χ3n) is 1.49. The zero-order valence-corrected chi connectivity index (χ0v) is 8.17. The number of carbonyl (C=O) groups is 1. The lowest BCUT2D eigenvalue weighted by molar-refractivity contribution is 0.254. The summed E-state index contributed by atoms with van der Waals surface area (Å²) in [7, 11) is 0. The van der Waals surface area contributed by atoms with E-state index in [2.05, 4.69) is 4.72 Å². The monoisotopic (exact) mass is 207 g/mol. The van der Waals surface area contributed by atoms with Crippen LogP contribution < -0.4 is 10.5 Å². The van der Waals surface area contributed by atoms with Crippen LogP contribution in [-0.4, -0.2) is 6.03 Å². The van der Waals surface area contributed by atoms with Gasteiger partial charge in [0.1, 0.15) is 0 Å². The van der Waals surface area contributed by atoms with Crippen LogP contribution in [-0.2, 0) is 5.75 Å². The molecule has 5 heteroatoms. The van der Waals surface area contributed by atoms with Gasteiger partial charge in [0.05, 0.1) is 11.6 Å².